The number of nitrogens with two attached hydrogens (primary N) is 3. The van der Waals surface area contributed by atoms with E-state index in [0.717, 1.165) is 34.2 Å². The molecule has 0 spiro atoms. The number of nitrogens with zero attached hydrogens (tertiary/aromatic N) is 2. The molecule has 0 radical (unpaired) electrons. The molecule has 8 rings (SSSR count). The Morgan fingerprint density at radius 1 is 0.636 bits per heavy atom. The van der Waals surface area contributed by atoms with Gasteiger partial charge in [-0.25, -0.2) is 27.5 Å². The summed E-state index contributed by atoms with van der Waals surface area (Å²) in [5.41, 5.74) is 20.8. The smallest absolute Gasteiger partial charge is 0.259 e. The van der Waals surface area contributed by atoms with Crippen LogP contribution in [0.25, 0.3) is 43.4 Å². The van der Waals surface area contributed by atoms with Gasteiger partial charge in [0.05, 0.1) is 28.3 Å². The molecule has 0 aliphatic carbocycles. The van der Waals surface area contributed by atoms with E-state index in [9.17, 15) is 18.4 Å². The van der Waals surface area contributed by atoms with Crippen molar-refractivity contribution in [1.29, 1.82) is 0 Å². The molecule has 18 heteroatoms. The number of anilines is 2. The molecule has 2 aromatic heterocycles. The van der Waals surface area contributed by atoms with Gasteiger partial charge >= 0.3 is 0 Å². The Morgan fingerprint density at radius 2 is 1.29 bits per heavy atom. The number of nitrogen functional groups attached to an aromatic ring is 2. The van der Waals surface area contributed by atoms with E-state index in [1.54, 1.807) is 54.6 Å². The fourth-order valence-electron chi connectivity index (χ4n) is 6.80. The average Bonchev–Trinajstić information content (AvgIpc) is 3.94. The molecular weight excluding hydrogens is 897 g/mol. The highest BCUT2D eigenvalue weighted by Gasteiger charge is 2.27. The van der Waals surface area contributed by atoms with Crippen LogP contribution in [0.1, 0.15) is 30.7 Å². The van der Waals surface area contributed by atoms with Crippen molar-refractivity contribution in [3.8, 4) is 66.4 Å². The molecule has 0 atom stereocenters. The number of aromatic nitrogens is 2. The minimum Gasteiger partial charge on any atom is -0.493 e. The number of carbonyl (C=O) groups excluding carboxylic acids is 2. The number of rotatable bonds is 16. The van der Waals surface area contributed by atoms with Crippen molar-refractivity contribution < 1.29 is 46.1 Å². The molecule has 0 fully saturated rings. The largest absolute Gasteiger partial charge is 0.493 e. The highest BCUT2D eigenvalue weighted by Crippen LogP contribution is 2.42. The standard InChI is InChI=1S/C48H36F4N6O6S2/c1-61-35-21-32(50)39(41(52)44(35)63-23-37-57-42(25-8-3-2-4-9-25)45(65-37)27-10-7-11-28(53)20-27)48(60)56-24-64-29-16-14-26(15-17-29)43-46(30-12-5-6-13-33(30)54)66-36(58-43)22-62-34-19-18-31(49)38(40(34)51)47(55)59/h2-21H,22-24,53-54H2,1H3,(H2,55,59)(H,56,60). The van der Waals surface area contributed by atoms with Crippen molar-refractivity contribution in [2.75, 3.05) is 25.3 Å². The first-order valence-electron chi connectivity index (χ1n) is 19.8. The number of hydrogen-bond donors (Lipinski definition) is 4. The summed E-state index contributed by atoms with van der Waals surface area (Å²) in [4.78, 5) is 35.9. The number of halogens is 4. The maximum absolute atomic E-state index is 16.1. The second kappa shape index (κ2) is 19.4. The summed E-state index contributed by atoms with van der Waals surface area (Å²) in [6.07, 6.45) is 0. The zero-order chi connectivity index (χ0) is 46.5. The summed E-state index contributed by atoms with van der Waals surface area (Å²) in [6.45, 7) is -0.964. The van der Waals surface area contributed by atoms with Gasteiger partial charge in [-0.15, -0.1) is 22.7 Å². The van der Waals surface area contributed by atoms with Crippen molar-refractivity contribution >= 4 is 45.9 Å². The highest BCUT2D eigenvalue weighted by atomic mass is 32.1. The average molecular weight is 933 g/mol. The Labute approximate surface area is 382 Å². The Balaban J connectivity index is 0.962. The summed E-state index contributed by atoms with van der Waals surface area (Å²) < 4.78 is 82.8. The van der Waals surface area contributed by atoms with Crippen molar-refractivity contribution in [2.45, 2.75) is 13.2 Å². The summed E-state index contributed by atoms with van der Waals surface area (Å²) in [5, 5.41) is 3.24. The van der Waals surface area contributed by atoms with Crippen molar-refractivity contribution in [1.82, 2.24) is 15.3 Å². The molecule has 2 heterocycles. The van der Waals surface area contributed by atoms with Crippen LogP contribution in [-0.2, 0) is 13.2 Å². The lowest BCUT2D eigenvalue weighted by atomic mass is 10.1. The van der Waals surface area contributed by atoms with E-state index in [1.807, 2.05) is 48.5 Å². The van der Waals surface area contributed by atoms with Crippen LogP contribution in [0.5, 0.6) is 23.0 Å². The Hall–Kier alpha value is -7.96. The number of nitrogens with one attached hydrogen (secondary N) is 1. The van der Waals surface area contributed by atoms with E-state index in [-0.39, 0.29) is 24.7 Å². The van der Waals surface area contributed by atoms with Gasteiger partial charge in [0.1, 0.15) is 51.7 Å². The second-order valence-electron chi connectivity index (χ2n) is 14.2. The molecule has 0 aliphatic rings. The van der Waals surface area contributed by atoms with Crippen LogP contribution in [0.4, 0.5) is 28.9 Å². The van der Waals surface area contributed by atoms with E-state index in [1.165, 1.54) is 29.8 Å². The first kappa shape index (κ1) is 44.6. The molecule has 12 nitrogen and oxygen atoms in total. The van der Waals surface area contributed by atoms with Gasteiger partial charge in [0, 0.05) is 34.1 Å². The highest BCUT2D eigenvalue weighted by molar-refractivity contribution is 7.16. The number of methoxy groups -OCH3 is 1. The van der Waals surface area contributed by atoms with E-state index in [0.29, 0.717) is 48.8 Å². The summed E-state index contributed by atoms with van der Waals surface area (Å²) in [7, 11) is 1.22. The molecule has 0 unspecified atom stereocenters. The number of benzene rings is 6. The number of hydrogen-bond acceptors (Lipinski definition) is 12. The maximum Gasteiger partial charge on any atom is 0.259 e. The van der Waals surface area contributed by atoms with Crippen LogP contribution in [-0.4, -0.2) is 35.6 Å². The SMILES string of the molecule is COc1cc(F)c(C(=O)NCOc2ccc(-c3nc(COc4ccc(F)c(C(N)=O)c4F)sc3-c3ccccc3N)cc2)c(F)c1OCc1nc(-c2ccccc2)c(-c2cccc(N)c2)s1. The monoisotopic (exact) mass is 932 g/mol. The quantitative estimate of drug-likeness (QED) is 0.0413. The normalized spacial score (nSPS) is 11.0. The first-order chi connectivity index (χ1) is 31.9. The Kier molecular flexibility index (Phi) is 13.1. The summed E-state index contributed by atoms with van der Waals surface area (Å²) in [5.74, 6) is -8.10. The minimum absolute atomic E-state index is 0.239. The van der Waals surface area contributed by atoms with Crippen LogP contribution in [0.3, 0.4) is 0 Å². The van der Waals surface area contributed by atoms with Gasteiger partial charge in [-0.3, -0.25) is 9.59 Å². The number of para-hydroxylation sites is 1. The number of amides is 2. The van der Waals surface area contributed by atoms with Crippen molar-refractivity contribution in [3.63, 3.8) is 0 Å². The number of ether oxygens (including phenoxy) is 4. The van der Waals surface area contributed by atoms with Gasteiger partial charge in [0.2, 0.25) is 0 Å². The molecule has 2 amide bonds. The summed E-state index contributed by atoms with van der Waals surface area (Å²) >= 11 is 2.53. The maximum atomic E-state index is 16.1. The van der Waals surface area contributed by atoms with Gasteiger partial charge in [-0.2, -0.15) is 0 Å². The third-order valence-corrected chi connectivity index (χ3v) is 12.1. The molecule has 6 aromatic carbocycles. The van der Waals surface area contributed by atoms with Crippen molar-refractivity contribution in [2.24, 2.45) is 5.73 Å². The Bertz CT molecular complexity index is 3100. The van der Waals surface area contributed by atoms with Crippen LogP contribution in [0.2, 0.25) is 0 Å². The first-order valence-corrected chi connectivity index (χ1v) is 21.4. The molecule has 8 aromatic rings. The van der Waals surface area contributed by atoms with E-state index < -0.39 is 64.4 Å². The fraction of sp³-hybridized carbons (Fsp3) is 0.0833. The molecule has 0 saturated carbocycles. The predicted octanol–water partition coefficient (Wildman–Crippen LogP) is 10.0. The second-order valence-corrected chi connectivity index (χ2v) is 16.4. The van der Waals surface area contributed by atoms with Crippen LogP contribution < -0.4 is 41.5 Å². The number of carbonyl (C=O) groups is 2. The lowest BCUT2D eigenvalue weighted by Crippen LogP contribution is -2.29. The van der Waals surface area contributed by atoms with E-state index in [2.05, 4.69) is 5.32 Å². The fourth-order valence-corrected chi connectivity index (χ4v) is 8.84. The van der Waals surface area contributed by atoms with Gasteiger partial charge in [0.25, 0.3) is 11.8 Å². The zero-order valence-corrected chi connectivity index (χ0v) is 36.2. The zero-order valence-electron chi connectivity index (χ0n) is 34.6. The predicted molar refractivity (Wildman–Crippen MR) is 244 cm³/mol. The third kappa shape index (κ3) is 9.45. The van der Waals surface area contributed by atoms with Crippen LogP contribution in [0.15, 0.2) is 121 Å². The lowest BCUT2D eigenvalue weighted by Gasteiger charge is -2.15. The van der Waals surface area contributed by atoms with Gasteiger partial charge in [0.15, 0.2) is 35.6 Å². The lowest BCUT2D eigenvalue weighted by molar-refractivity contribution is 0.0908. The topological polar surface area (TPSA) is 187 Å². The molecule has 334 valence electrons. The molecule has 66 heavy (non-hydrogen) atoms. The molecule has 0 saturated heterocycles. The summed E-state index contributed by atoms with van der Waals surface area (Å²) in [6, 6.07) is 33.2. The number of thiazole rings is 2. The van der Waals surface area contributed by atoms with E-state index >= 15 is 8.78 Å². The van der Waals surface area contributed by atoms with Gasteiger partial charge < -0.3 is 41.5 Å². The molecular formula is C48H36F4N6O6S2. The van der Waals surface area contributed by atoms with Crippen LogP contribution in [0, 0.1) is 23.3 Å². The van der Waals surface area contributed by atoms with Crippen LogP contribution >= 0.6 is 22.7 Å². The Morgan fingerprint density at radius 3 is 1.98 bits per heavy atom. The third-order valence-electron chi connectivity index (χ3n) is 9.92. The minimum atomic E-state index is -1.29. The van der Waals surface area contributed by atoms with Gasteiger partial charge in [-0.05, 0) is 60.2 Å². The van der Waals surface area contributed by atoms with Crippen molar-refractivity contribution in [3.05, 3.63) is 166 Å². The molecule has 0 bridgehead atoms. The molecule has 7 N–H and O–H groups in total. The molecule has 0 aliphatic heterocycles. The van der Waals surface area contributed by atoms with Gasteiger partial charge in [-0.1, -0.05) is 60.7 Å². The number of primary amides is 1. The van der Waals surface area contributed by atoms with E-state index in [4.69, 9.17) is 46.1 Å².